The predicted octanol–water partition coefficient (Wildman–Crippen LogP) is 4.26. The van der Waals surface area contributed by atoms with E-state index < -0.39 is 17.5 Å². The zero-order valence-corrected chi connectivity index (χ0v) is 11.1. The molecule has 0 amide bonds. The van der Waals surface area contributed by atoms with E-state index in [-0.39, 0.29) is 10.7 Å². The number of fused-ring (bicyclic) bond motifs is 1. The van der Waals surface area contributed by atoms with Gasteiger partial charge in [0.05, 0.1) is 21.8 Å². The van der Waals surface area contributed by atoms with Crippen LogP contribution in [-0.2, 0) is 6.18 Å². The number of nitrogens with zero attached hydrogens (tertiary/aromatic N) is 1. The van der Waals surface area contributed by atoms with Gasteiger partial charge in [-0.15, -0.1) is 0 Å². The van der Waals surface area contributed by atoms with Gasteiger partial charge in [-0.1, -0.05) is 23.7 Å². The van der Waals surface area contributed by atoms with Crippen molar-refractivity contribution in [2.45, 2.75) is 6.18 Å². The highest BCUT2D eigenvalue weighted by Crippen LogP contribution is 2.33. The van der Waals surface area contributed by atoms with Gasteiger partial charge in [-0.3, -0.25) is 0 Å². The summed E-state index contributed by atoms with van der Waals surface area (Å²) < 4.78 is 44.1. The van der Waals surface area contributed by atoms with Gasteiger partial charge in [0, 0.05) is 0 Å². The summed E-state index contributed by atoms with van der Waals surface area (Å²) in [7, 11) is 0. The lowest BCUT2D eigenvalue weighted by atomic mass is 10.2. The van der Waals surface area contributed by atoms with Crippen molar-refractivity contribution in [3.63, 3.8) is 0 Å². The zero-order chi connectivity index (χ0) is 15.2. The molecule has 3 rings (SSSR count). The van der Waals surface area contributed by atoms with Crippen LogP contribution < -0.4 is 5.76 Å². The summed E-state index contributed by atoms with van der Waals surface area (Å²) in [5, 5.41) is -0.182. The molecule has 7 heteroatoms. The van der Waals surface area contributed by atoms with Gasteiger partial charge < -0.3 is 4.42 Å². The van der Waals surface area contributed by atoms with Gasteiger partial charge in [-0.25, -0.2) is 9.36 Å². The maximum absolute atomic E-state index is 12.6. The van der Waals surface area contributed by atoms with Gasteiger partial charge in [0.2, 0.25) is 0 Å². The van der Waals surface area contributed by atoms with Crippen LogP contribution in [-0.4, -0.2) is 4.57 Å². The minimum Gasteiger partial charge on any atom is -0.407 e. The molecular formula is C14H7ClF3NO2. The molecule has 0 aliphatic heterocycles. The minimum absolute atomic E-state index is 0.139. The number of benzene rings is 2. The minimum atomic E-state index is -4.49. The van der Waals surface area contributed by atoms with Crippen molar-refractivity contribution >= 4 is 22.7 Å². The van der Waals surface area contributed by atoms with E-state index in [9.17, 15) is 18.0 Å². The van der Waals surface area contributed by atoms with E-state index in [1.54, 1.807) is 24.3 Å². The summed E-state index contributed by atoms with van der Waals surface area (Å²) in [6.45, 7) is 0. The molecule has 0 spiro atoms. The maximum atomic E-state index is 12.6. The van der Waals surface area contributed by atoms with Gasteiger partial charge in [-0.05, 0) is 30.3 Å². The molecule has 1 heterocycles. The van der Waals surface area contributed by atoms with Crippen molar-refractivity contribution in [2.75, 3.05) is 0 Å². The SMILES string of the molecule is O=c1oc2ccccc2n1-c1ccc(C(F)(F)F)cc1Cl. The van der Waals surface area contributed by atoms with Gasteiger partial charge in [0.1, 0.15) is 0 Å². The molecule has 0 N–H and O–H groups in total. The lowest BCUT2D eigenvalue weighted by Crippen LogP contribution is -2.13. The fraction of sp³-hybridized carbons (Fsp3) is 0.0714. The lowest BCUT2D eigenvalue weighted by molar-refractivity contribution is -0.137. The Morgan fingerprint density at radius 2 is 1.81 bits per heavy atom. The summed E-state index contributed by atoms with van der Waals surface area (Å²) in [4.78, 5) is 11.9. The molecule has 3 nitrogen and oxygen atoms in total. The average Bonchev–Trinajstić information content (AvgIpc) is 2.74. The van der Waals surface area contributed by atoms with E-state index in [0.717, 1.165) is 22.8 Å². The first kappa shape index (κ1) is 13.8. The highest BCUT2D eigenvalue weighted by atomic mass is 35.5. The second-order valence-corrected chi connectivity index (χ2v) is 4.74. The van der Waals surface area contributed by atoms with Gasteiger partial charge in [0.15, 0.2) is 5.58 Å². The van der Waals surface area contributed by atoms with Crippen LogP contribution in [0.1, 0.15) is 5.56 Å². The van der Waals surface area contributed by atoms with Gasteiger partial charge >= 0.3 is 11.9 Å². The van der Waals surface area contributed by atoms with Crippen molar-refractivity contribution in [1.29, 1.82) is 0 Å². The Hall–Kier alpha value is -2.21. The molecule has 3 aromatic rings. The molecule has 2 aromatic carbocycles. The van der Waals surface area contributed by atoms with Crippen molar-refractivity contribution in [3.05, 3.63) is 63.6 Å². The highest BCUT2D eigenvalue weighted by Gasteiger charge is 2.31. The molecule has 21 heavy (non-hydrogen) atoms. The first-order valence-electron chi connectivity index (χ1n) is 5.85. The number of rotatable bonds is 1. The second kappa shape index (κ2) is 4.66. The van der Waals surface area contributed by atoms with E-state index >= 15 is 0 Å². The molecule has 0 fully saturated rings. The Morgan fingerprint density at radius 3 is 2.48 bits per heavy atom. The van der Waals surface area contributed by atoms with Crippen LogP contribution in [0.4, 0.5) is 13.2 Å². The molecule has 0 unspecified atom stereocenters. The normalized spacial score (nSPS) is 12.0. The highest BCUT2D eigenvalue weighted by molar-refractivity contribution is 6.32. The average molecular weight is 314 g/mol. The third kappa shape index (κ3) is 2.31. The largest absolute Gasteiger partial charge is 0.424 e. The van der Waals surface area contributed by atoms with Crippen LogP contribution in [0.5, 0.6) is 0 Å². The number of hydrogen-bond donors (Lipinski definition) is 0. The van der Waals surface area contributed by atoms with Crippen LogP contribution in [0.2, 0.25) is 5.02 Å². The number of alkyl halides is 3. The first-order chi connectivity index (χ1) is 9.88. The van der Waals surface area contributed by atoms with E-state index in [2.05, 4.69) is 0 Å². The van der Waals surface area contributed by atoms with Crippen molar-refractivity contribution < 1.29 is 17.6 Å². The van der Waals surface area contributed by atoms with Crippen LogP contribution in [0, 0.1) is 0 Å². The van der Waals surface area contributed by atoms with Crippen molar-refractivity contribution in [3.8, 4) is 5.69 Å². The van der Waals surface area contributed by atoms with E-state index in [1.807, 2.05) is 0 Å². The molecule has 0 saturated carbocycles. The molecule has 1 aromatic heterocycles. The van der Waals surface area contributed by atoms with Gasteiger partial charge in [-0.2, -0.15) is 13.2 Å². The number of para-hydroxylation sites is 2. The number of oxazole rings is 1. The van der Waals surface area contributed by atoms with E-state index in [1.165, 1.54) is 0 Å². The summed E-state index contributed by atoms with van der Waals surface area (Å²) in [5.74, 6) is -0.710. The Bertz CT molecular complexity index is 880. The molecule has 0 bridgehead atoms. The smallest absolute Gasteiger partial charge is 0.407 e. The number of hydrogen-bond acceptors (Lipinski definition) is 2. The van der Waals surface area contributed by atoms with Crippen LogP contribution in [0.25, 0.3) is 16.8 Å². The first-order valence-corrected chi connectivity index (χ1v) is 6.23. The fourth-order valence-electron chi connectivity index (χ4n) is 2.06. The van der Waals surface area contributed by atoms with Crippen LogP contribution in [0.15, 0.2) is 51.7 Å². The zero-order valence-electron chi connectivity index (χ0n) is 10.3. The topological polar surface area (TPSA) is 35.1 Å². The Morgan fingerprint density at radius 1 is 1.10 bits per heavy atom. The summed E-state index contributed by atoms with van der Waals surface area (Å²) in [6.07, 6.45) is -4.49. The van der Waals surface area contributed by atoms with E-state index in [0.29, 0.717) is 11.1 Å². The molecule has 0 saturated heterocycles. The molecule has 0 aliphatic carbocycles. The van der Waals surface area contributed by atoms with Crippen LogP contribution in [0.3, 0.4) is 0 Å². The van der Waals surface area contributed by atoms with Gasteiger partial charge in [0.25, 0.3) is 0 Å². The Kier molecular flexibility index (Phi) is 3.06. The third-order valence-electron chi connectivity index (χ3n) is 3.00. The Balaban J connectivity index is 2.25. The predicted molar refractivity (Wildman–Crippen MR) is 71.8 cm³/mol. The number of aromatic nitrogens is 1. The van der Waals surface area contributed by atoms with Crippen molar-refractivity contribution in [2.24, 2.45) is 0 Å². The number of halogens is 4. The molecule has 0 aliphatic rings. The van der Waals surface area contributed by atoms with Crippen molar-refractivity contribution in [1.82, 2.24) is 4.57 Å². The summed E-state index contributed by atoms with van der Waals surface area (Å²) in [6, 6.07) is 9.38. The van der Waals surface area contributed by atoms with E-state index in [4.69, 9.17) is 16.0 Å². The molecule has 108 valence electrons. The molecule has 0 radical (unpaired) electrons. The molecule has 0 atom stereocenters. The monoisotopic (exact) mass is 313 g/mol. The quantitative estimate of drug-likeness (QED) is 0.673. The second-order valence-electron chi connectivity index (χ2n) is 4.34. The molecular weight excluding hydrogens is 307 g/mol. The fourth-order valence-corrected chi connectivity index (χ4v) is 2.32. The Labute approximate surface area is 121 Å². The maximum Gasteiger partial charge on any atom is 0.424 e. The summed E-state index contributed by atoms with van der Waals surface area (Å²) >= 11 is 5.90. The van der Waals surface area contributed by atoms with Crippen LogP contribution >= 0.6 is 11.6 Å². The lowest BCUT2D eigenvalue weighted by Gasteiger charge is -2.10. The standard InChI is InChI=1S/C14H7ClF3NO2/c15-9-7-8(14(16,17)18)5-6-10(9)19-11-3-1-2-4-12(11)21-13(19)20/h1-7H. The summed E-state index contributed by atoms with van der Waals surface area (Å²) in [5.41, 5.74) is 0.0272. The third-order valence-corrected chi connectivity index (χ3v) is 3.30.